The molecule has 0 amide bonds. The van der Waals surface area contributed by atoms with E-state index in [-0.39, 0.29) is 0 Å². The molecule has 4 rings (SSSR count). The fraction of sp³-hybridized carbons (Fsp3) is 0.316. The van der Waals surface area contributed by atoms with Crippen molar-refractivity contribution in [3.05, 3.63) is 42.1 Å². The molecule has 3 heterocycles. The topological polar surface area (TPSA) is 88.2 Å². The van der Waals surface area contributed by atoms with Crippen molar-refractivity contribution >= 4 is 17.6 Å². The number of aromatic nitrogens is 4. The Balaban J connectivity index is 1.52. The monoisotopic (exact) mass is 366 g/mol. The Bertz CT molecular complexity index is 903. The van der Waals surface area contributed by atoms with E-state index < -0.39 is 0 Å². The third-order valence-electron chi connectivity index (χ3n) is 4.37. The summed E-state index contributed by atoms with van der Waals surface area (Å²) in [6.07, 6.45) is 0. The lowest BCUT2D eigenvalue weighted by atomic mass is 10.1. The van der Waals surface area contributed by atoms with Crippen LogP contribution >= 0.6 is 0 Å². The fourth-order valence-electron chi connectivity index (χ4n) is 2.96. The number of aryl methyl sites for hydroxylation is 1. The molecule has 1 fully saturated rings. The number of anilines is 3. The van der Waals surface area contributed by atoms with Crippen LogP contribution in [0.4, 0.5) is 17.6 Å². The Morgan fingerprint density at radius 1 is 1.07 bits per heavy atom. The molecular weight excluding hydrogens is 344 g/mol. The highest BCUT2D eigenvalue weighted by Gasteiger charge is 2.15. The largest absolute Gasteiger partial charge is 0.497 e. The second-order valence-corrected chi connectivity index (χ2v) is 6.31. The number of methoxy groups -OCH3 is 1. The lowest BCUT2D eigenvalue weighted by Crippen LogP contribution is -2.37. The smallest absolute Gasteiger partial charge is 0.227 e. The minimum absolute atomic E-state index is 0.699. The van der Waals surface area contributed by atoms with Crippen LogP contribution in [0.2, 0.25) is 0 Å². The molecule has 2 aromatic heterocycles. The Hall–Kier alpha value is -3.13. The quantitative estimate of drug-likeness (QED) is 0.718. The van der Waals surface area contributed by atoms with Gasteiger partial charge in [-0.2, -0.15) is 10.1 Å². The molecule has 0 radical (unpaired) electrons. The highest BCUT2D eigenvalue weighted by Crippen LogP contribution is 2.24. The van der Waals surface area contributed by atoms with Crippen molar-refractivity contribution in [3.8, 4) is 17.0 Å². The van der Waals surface area contributed by atoms with E-state index in [4.69, 9.17) is 9.47 Å². The Labute approximate surface area is 157 Å². The van der Waals surface area contributed by atoms with E-state index in [1.807, 2.05) is 43.3 Å². The van der Waals surface area contributed by atoms with Gasteiger partial charge in [-0.1, -0.05) is 0 Å². The summed E-state index contributed by atoms with van der Waals surface area (Å²) in [5.41, 5.74) is 2.85. The van der Waals surface area contributed by atoms with E-state index in [9.17, 15) is 0 Å². The number of H-pyrrole nitrogens is 1. The van der Waals surface area contributed by atoms with E-state index in [1.54, 1.807) is 7.11 Å². The van der Waals surface area contributed by atoms with Crippen LogP contribution in [0.3, 0.4) is 0 Å². The molecule has 0 bridgehead atoms. The molecular formula is C19H22N6O2. The van der Waals surface area contributed by atoms with Crippen LogP contribution in [0, 0.1) is 6.92 Å². The average molecular weight is 366 g/mol. The van der Waals surface area contributed by atoms with E-state index in [0.717, 1.165) is 41.6 Å². The standard InChI is InChI=1S/C19H22N6O2/c1-13-11-17(22-19(20-13)25-7-9-27-10-8-25)21-18-12-16(23-24-18)14-3-5-15(26-2)6-4-14/h3-6,11-12H,7-10H2,1-2H3,(H2,20,21,22,23,24). The predicted octanol–water partition coefficient (Wildman–Crippen LogP) is 2.76. The van der Waals surface area contributed by atoms with Gasteiger partial charge in [0.1, 0.15) is 11.6 Å². The van der Waals surface area contributed by atoms with E-state index in [0.29, 0.717) is 25.0 Å². The van der Waals surface area contributed by atoms with Gasteiger partial charge in [-0.3, -0.25) is 5.10 Å². The van der Waals surface area contributed by atoms with Crippen molar-refractivity contribution in [1.29, 1.82) is 0 Å². The number of nitrogens with zero attached hydrogens (tertiary/aromatic N) is 4. The molecule has 0 atom stereocenters. The summed E-state index contributed by atoms with van der Waals surface area (Å²) >= 11 is 0. The first-order valence-electron chi connectivity index (χ1n) is 8.86. The summed E-state index contributed by atoms with van der Waals surface area (Å²) in [5, 5.41) is 10.7. The highest BCUT2D eigenvalue weighted by molar-refractivity contribution is 5.65. The molecule has 27 heavy (non-hydrogen) atoms. The van der Waals surface area contributed by atoms with E-state index >= 15 is 0 Å². The van der Waals surface area contributed by atoms with E-state index in [1.165, 1.54) is 0 Å². The summed E-state index contributed by atoms with van der Waals surface area (Å²) in [7, 11) is 1.65. The average Bonchev–Trinajstić information content (AvgIpc) is 3.17. The van der Waals surface area contributed by atoms with Gasteiger partial charge in [-0.15, -0.1) is 0 Å². The van der Waals surface area contributed by atoms with Crippen LogP contribution in [-0.4, -0.2) is 53.6 Å². The van der Waals surface area contributed by atoms with Gasteiger partial charge in [0.2, 0.25) is 5.95 Å². The first-order valence-corrected chi connectivity index (χ1v) is 8.86. The van der Waals surface area contributed by atoms with Gasteiger partial charge in [0.15, 0.2) is 5.82 Å². The lowest BCUT2D eigenvalue weighted by Gasteiger charge is -2.27. The molecule has 0 aliphatic carbocycles. The van der Waals surface area contributed by atoms with Gasteiger partial charge in [-0.25, -0.2) is 4.98 Å². The Kier molecular flexibility index (Phi) is 4.88. The molecule has 0 spiro atoms. The zero-order valence-electron chi connectivity index (χ0n) is 15.4. The number of hydrogen-bond donors (Lipinski definition) is 2. The molecule has 1 aromatic carbocycles. The second-order valence-electron chi connectivity index (χ2n) is 6.31. The summed E-state index contributed by atoms with van der Waals surface area (Å²) in [6, 6.07) is 11.7. The van der Waals surface area contributed by atoms with Gasteiger partial charge in [0.25, 0.3) is 0 Å². The first kappa shape index (κ1) is 17.3. The molecule has 0 unspecified atom stereocenters. The van der Waals surface area contributed by atoms with Gasteiger partial charge in [-0.05, 0) is 36.8 Å². The zero-order valence-corrected chi connectivity index (χ0v) is 15.4. The Morgan fingerprint density at radius 2 is 1.85 bits per heavy atom. The van der Waals surface area contributed by atoms with Gasteiger partial charge in [0, 0.05) is 30.9 Å². The molecule has 1 aliphatic heterocycles. The third-order valence-corrected chi connectivity index (χ3v) is 4.37. The minimum Gasteiger partial charge on any atom is -0.497 e. The zero-order chi connectivity index (χ0) is 18.6. The third kappa shape index (κ3) is 4.01. The first-order chi connectivity index (χ1) is 13.2. The number of hydrogen-bond acceptors (Lipinski definition) is 7. The van der Waals surface area contributed by atoms with Crippen LogP contribution in [-0.2, 0) is 4.74 Å². The van der Waals surface area contributed by atoms with Crippen LogP contribution in [0.5, 0.6) is 5.75 Å². The van der Waals surface area contributed by atoms with Crippen molar-refractivity contribution in [2.75, 3.05) is 43.6 Å². The molecule has 1 saturated heterocycles. The number of ether oxygens (including phenoxy) is 2. The van der Waals surface area contributed by atoms with Crippen molar-refractivity contribution in [1.82, 2.24) is 20.2 Å². The van der Waals surface area contributed by atoms with Crippen LogP contribution in [0.25, 0.3) is 11.3 Å². The highest BCUT2D eigenvalue weighted by atomic mass is 16.5. The van der Waals surface area contributed by atoms with Gasteiger partial charge >= 0.3 is 0 Å². The normalized spacial score (nSPS) is 14.2. The van der Waals surface area contributed by atoms with Crippen LogP contribution in [0.15, 0.2) is 36.4 Å². The van der Waals surface area contributed by atoms with Crippen LogP contribution in [0.1, 0.15) is 5.69 Å². The van der Waals surface area contributed by atoms with Crippen molar-refractivity contribution in [2.45, 2.75) is 6.92 Å². The molecule has 1 aliphatic rings. The Morgan fingerprint density at radius 3 is 2.59 bits per heavy atom. The van der Waals surface area contributed by atoms with Crippen LogP contribution < -0.4 is 15.0 Å². The SMILES string of the molecule is COc1ccc(-c2cc(Nc3cc(C)nc(N4CCOCC4)n3)n[nH]2)cc1. The summed E-state index contributed by atoms with van der Waals surface area (Å²) in [5.74, 6) is 2.96. The fourth-order valence-corrected chi connectivity index (χ4v) is 2.96. The molecule has 0 saturated carbocycles. The van der Waals surface area contributed by atoms with Crippen molar-refractivity contribution < 1.29 is 9.47 Å². The maximum atomic E-state index is 5.40. The number of rotatable bonds is 5. The molecule has 8 heteroatoms. The summed E-state index contributed by atoms with van der Waals surface area (Å²) < 4.78 is 10.6. The van der Waals surface area contributed by atoms with E-state index in [2.05, 4.69) is 30.4 Å². The van der Waals surface area contributed by atoms with Gasteiger partial charge < -0.3 is 19.7 Å². The number of morpholine rings is 1. The molecule has 8 nitrogen and oxygen atoms in total. The van der Waals surface area contributed by atoms with Gasteiger partial charge in [0.05, 0.1) is 26.0 Å². The maximum absolute atomic E-state index is 5.40. The molecule has 3 aromatic rings. The number of benzene rings is 1. The number of aromatic amines is 1. The molecule has 140 valence electrons. The second kappa shape index (κ2) is 7.63. The maximum Gasteiger partial charge on any atom is 0.227 e. The number of nitrogens with one attached hydrogen (secondary N) is 2. The summed E-state index contributed by atoms with van der Waals surface area (Å²) in [6.45, 7) is 4.96. The van der Waals surface area contributed by atoms with Crippen molar-refractivity contribution in [2.24, 2.45) is 0 Å². The predicted molar refractivity (Wildman–Crippen MR) is 104 cm³/mol. The molecule has 2 N–H and O–H groups in total. The lowest BCUT2D eigenvalue weighted by molar-refractivity contribution is 0.122. The van der Waals surface area contributed by atoms with Crippen molar-refractivity contribution in [3.63, 3.8) is 0 Å². The minimum atomic E-state index is 0.699. The summed E-state index contributed by atoms with van der Waals surface area (Å²) in [4.78, 5) is 11.3.